The molecule has 7 heteroatoms. The highest BCUT2D eigenvalue weighted by Gasteiger charge is 2.56. The predicted molar refractivity (Wildman–Crippen MR) is 80.9 cm³/mol. The molecule has 0 fully saturated rings. The Labute approximate surface area is 136 Å². The number of Topliss-reactive ketones (excluding diaryl/α,β-unsaturated/α-hetero) is 1. The minimum atomic E-state index is -2.00. The fourth-order valence-electron chi connectivity index (χ4n) is 3.23. The standard InChI is InChI=1S/C17H14O7/c1-22-15-9(18)6-11-13(14(15)19)16(20)17(21)8-4-2-3-5-10(8)23-7-12(17)24-11/h2-6,12,18-19,21H,7H2,1H3. The molecule has 0 aliphatic carbocycles. The van der Waals surface area contributed by atoms with Crippen molar-refractivity contribution in [1.29, 1.82) is 0 Å². The zero-order valence-electron chi connectivity index (χ0n) is 12.6. The van der Waals surface area contributed by atoms with Gasteiger partial charge in [0.25, 0.3) is 0 Å². The number of ketones is 1. The van der Waals surface area contributed by atoms with Gasteiger partial charge in [-0.3, -0.25) is 4.79 Å². The molecular weight excluding hydrogens is 316 g/mol. The Kier molecular flexibility index (Phi) is 2.92. The monoisotopic (exact) mass is 330 g/mol. The summed E-state index contributed by atoms with van der Waals surface area (Å²) in [5.41, 5.74) is -1.97. The summed E-state index contributed by atoms with van der Waals surface area (Å²) < 4.78 is 16.1. The second-order valence-electron chi connectivity index (χ2n) is 5.66. The van der Waals surface area contributed by atoms with Crippen LogP contribution in [0.2, 0.25) is 0 Å². The molecule has 0 radical (unpaired) electrons. The van der Waals surface area contributed by atoms with Gasteiger partial charge < -0.3 is 29.5 Å². The number of aliphatic hydroxyl groups is 1. The summed E-state index contributed by atoms with van der Waals surface area (Å²) in [7, 11) is 1.25. The maximum Gasteiger partial charge on any atom is 0.210 e. The molecule has 4 rings (SSSR count). The Hall–Kier alpha value is -2.93. The van der Waals surface area contributed by atoms with Crippen molar-refractivity contribution in [2.75, 3.05) is 13.7 Å². The molecule has 0 spiro atoms. The van der Waals surface area contributed by atoms with Crippen LogP contribution in [0.1, 0.15) is 15.9 Å². The number of phenols is 2. The quantitative estimate of drug-likeness (QED) is 0.724. The first kappa shape index (κ1) is 14.6. The summed E-state index contributed by atoms with van der Waals surface area (Å²) in [5, 5.41) is 31.3. The van der Waals surface area contributed by atoms with Gasteiger partial charge in [0.15, 0.2) is 23.2 Å². The average molecular weight is 330 g/mol. The number of fused-ring (bicyclic) bond motifs is 4. The van der Waals surface area contributed by atoms with E-state index in [4.69, 9.17) is 14.2 Å². The Morgan fingerprint density at radius 3 is 2.75 bits per heavy atom. The third-order valence-electron chi connectivity index (χ3n) is 4.40. The van der Waals surface area contributed by atoms with Crippen molar-refractivity contribution in [2.45, 2.75) is 11.7 Å². The van der Waals surface area contributed by atoms with Gasteiger partial charge >= 0.3 is 0 Å². The van der Waals surface area contributed by atoms with Crippen molar-refractivity contribution in [2.24, 2.45) is 0 Å². The molecule has 0 saturated heterocycles. The summed E-state index contributed by atoms with van der Waals surface area (Å²) in [5.74, 6) is -1.60. The van der Waals surface area contributed by atoms with Gasteiger partial charge in [-0.15, -0.1) is 0 Å². The zero-order valence-corrected chi connectivity index (χ0v) is 12.6. The molecule has 124 valence electrons. The first-order chi connectivity index (χ1) is 11.5. The van der Waals surface area contributed by atoms with Gasteiger partial charge in [0.2, 0.25) is 11.5 Å². The van der Waals surface area contributed by atoms with Crippen LogP contribution in [-0.2, 0) is 5.60 Å². The number of benzene rings is 2. The lowest BCUT2D eigenvalue weighted by atomic mass is 9.77. The number of aromatic hydroxyl groups is 2. The highest BCUT2D eigenvalue weighted by atomic mass is 16.6. The van der Waals surface area contributed by atoms with Crippen LogP contribution in [-0.4, -0.2) is 40.9 Å². The van der Waals surface area contributed by atoms with E-state index in [1.54, 1.807) is 24.3 Å². The molecule has 2 unspecified atom stereocenters. The van der Waals surface area contributed by atoms with Crippen molar-refractivity contribution in [3.05, 3.63) is 41.5 Å². The number of ether oxygens (including phenoxy) is 3. The second-order valence-corrected chi connectivity index (χ2v) is 5.66. The van der Waals surface area contributed by atoms with Crippen LogP contribution in [0.3, 0.4) is 0 Å². The first-order valence-electron chi connectivity index (χ1n) is 7.27. The van der Waals surface area contributed by atoms with Crippen LogP contribution >= 0.6 is 0 Å². The molecule has 2 aromatic rings. The van der Waals surface area contributed by atoms with Crippen molar-refractivity contribution in [1.82, 2.24) is 0 Å². The van der Waals surface area contributed by atoms with Gasteiger partial charge in [-0.25, -0.2) is 0 Å². The van der Waals surface area contributed by atoms with E-state index in [0.29, 0.717) is 5.75 Å². The van der Waals surface area contributed by atoms with Gasteiger partial charge in [-0.2, -0.15) is 0 Å². The van der Waals surface area contributed by atoms with Gasteiger partial charge in [-0.05, 0) is 6.07 Å². The fraction of sp³-hybridized carbons (Fsp3) is 0.235. The van der Waals surface area contributed by atoms with Crippen LogP contribution < -0.4 is 14.2 Å². The number of para-hydroxylation sites is 1. The second kappa shape index (κ2) is 4.78. The van der Waals surface area contributed by atoms with E-state index in [9.17, 15) is 20.1 Å². The Morgan fingerprint density at radius 1 is 1.25 bits per heavy atom. The molecule has 7 nitrogen and oxygen atoms in total. The van der Waals surface area contributed by atoms with Gasteiger partial charge in [0.05, 0.1) is 7.11 Å². The molecule has 0 bridgehead atoms. The SMILES string of the molecule is COc1c(O)cc2c(c1O)C(=O)C1(O)c3ccccc3OCC1O2. The van der Waals surface area contributed by atoms with E-state index in [2.05, 4.69) is 0 Å². The minimum Gasteiger partial charge on any atom is -0.504 e. The molecule has 3 N–H and O–H groups in total. The maximum absolute atomic E-state index is 13.1. The Bertz CT molecular complexity index is 860. The molecule has 2 aliphatic heterocycles. The zero-order chi connectivity index (χ0) is 17.1. The van der Waals surface area contributed by atoms with Crippen LogP contribution in [0.5, 0.6) is 28.7 Å². The summed E-state index contributed by atoms with van der Waals surface area (Å²) in [4.78, 5) is 13.1. The number of methoxy groups -OCH3 is 1. The first-order valence-corrected chi connectivity index (χ1v) is 7.27. The molecule has 0 aromatic heterocycles. The maximum atomic E-state index is 13.1. The van der Waals surface area contributed by atoms with E-state index in [1.807, 2.05) is 0 Å². The van der Waals surface area contributed by atoms with Gasteiger partial charge in [0, 0.05) is 11.6 Å². The van der Waals surface area contributed by atoms with Gasteiger partial charge in [-0.1, -0.05) is 18.2 Å². The summed E-state index contributed by atoms with van der Waals surface area (Å²) >= 11 is 0. The number of carbonyl (C=O) groups is 1. The molecule has 0 saturated carbocycles. The number of rotatable bonds is 1. The number of carbonyl (C=O) groups excluding carboxylic acids is 1. The van der Waals surface area contributed by atoms with Crippen molar-refractivity contribution in [3.8, 4) is 28.7 Å². The highest BCUT2D eigenvalue weighted by Crippen LogP contribution is 2.52. The topological polar surface area (TPSA) is 105 Å². The lowest BCUT2D eigenvalue weighted by molar-refractivity contribution is -0.0801. The average Bonchev–Trinajstić information content (AvgIpc) is 2.57. The molecule has 2 aromatic carbocycles. The Balaban J connectivity index is 1.96. The minimum absolute atomic E-state index is 0.0338. The molecule has 2 atom stereocenters. The van der Waals surface area contributed by atoms with E-state index in [0.717, 1.165) is 0 Å². The van der Waals surface area contributed by atoms with E-state index in [-0.39, 0.29) is 35.0 Å². The normalized spacial score (nSPS) is 24.1. The van der Waals surface area contributed by atoms with Crippen molar-refractivity contribution >= 4 is 5.78 Å². The summed E-state index contributed by atoms with van der Waals surface area (Å²) in [6.45, 7) is -0.0494. The molecule has 24 heavy (non-hydrogen) atoms. The van der Waals surface area contributed by atoms with E-state index >= 15 is 0 Å². The van der Waals surface area contributed by atoms with Gasteiger partial charge in [0.1, 0.15) is 23.7 Å². The van der Waals surface area contributed by atoms with Crippen LogP contribution in [0.4, 0.5) is 0 Å². The smallest absolute Gasteiger partial charge is 0.210 e. The van der Waals surface area contributed by atoms with E-state index in [1.165, 1.54) is 13.2 Å². The predicted octanol–water partition coefficient (Wildman–Crippen LogP) is 1.33. The highest BCUT2D eigenvalue weighted by molar-refractivity contribution is 6.09. The largest absolute Gasteiger partial charge is 0.504 e. The molecule has 0 amide bonds. The third-order valence-corrected chi connectivity index (χ3v) is 4.40. The molecular formula is C17H14O7. The van der Waals surface area contributed by atoms with Crippen LogP contribution in [0.15, 0.2) is 30.3 Å². The van der Waals surface area contributed by atoms with Crippen LogP contribution in [0.25, 0.3) is 0 Å². The molecule has 2 aliphatic rings. The summed E-state index contributed by atoms with van der Waals surface area (Å²) in [6.07, 6.45) is -1.00. The third kappa shape index (κ3) is 1.67. The molecule has 2 heterocycles. The fourth-order valence-corrected chi connectivity index (χ4v) is 3.23. The number of phenolic OH excluding ortho intramolecular Hbond substituents is 2. The van der Waals surface area contributed by atoms with Crippen LogP contribution in [0, 0.1) is 0 Å². The van der Waals surface area contributed by atoms with E-state index < -0.39 is 23.2 Å². The number of hydrogen-bond donors (Lipinski definition) is 3. The summed E-state index contributed by atoms with van der Waals surface area (Å²) in [6, 6.07) is 7.78. The lowest BCUT2D eigenvalue weighted by Gasteiger charge is -2.43. The Morgan fingerprint density at radius 2 is 2.00 bits per heavy atom. The van der Waals surface area contributed by atoms with Crippen molar-refractivity contribution < 1.29 is 34.3 Å². The van der Waals surface area contributed by atoms with Crippen molar-refractivity contribution in [3.63, 3.8) is 0 Å². The number of hydrogen-bond acceptors (Lipinski definition) is 7. The lowest BCUT2D eigenvalue weighted by Crippen LogP contribution is -2.57.